The van der Waals surface area contributed by atoms with Gasteiger partial charge in [-0.1, -0.05) is 0 Å². The summed E-state index contributed by atoms with van der Waals surface area (Å²) < 4.78 is 0. The minimum absolute atomic E-state index is 0. The van der Waals surface area contributed by atoms with Crippen molar-refractivity contribution in [3.63, 3.8) is 0 Å². The van der Waals surface area contributed by atoms with E-state index in [0.29, 0.717) is 0 Å². The number of hydrogen-bond acceptors (Lipinski definition) is 6. The van der Waals surface area contributed by atoms with E-state index >= 15 is 0 Å². The summed E-state index contributed by atoms with van der Waals surface area (Å²) in [5.41, 5.74) is 0. The van der Waals surface area contributed by atoms with Crippen molar-refractivity contribution < 1.29 is 34.8 Å². The quantitative estimate of drug-likeness (QED) is 0.265. The first kappa shape index (κ1) is 26.8. The molecule has 0 amide bonds. The zero-order valence-corrected chi connectivity index (χ0v) is 5.98. The van der Waals surface area contributed by atoms with Crippen molar-refractivity contribution in [2.45, 2.75) is 12.2 Å². The van der Waals surface area contributed by atoms with Crippen LogP contribution in [0.15, 0.2) is 0 Å². The van der Waals surface area contributed by atoms with Gasteiger partial charge in [-0.05, 0) is 0 Å². The molecule has 0 bridgehead atoms. The third kappa shape index (κ3) is 11.5. The van der Waals surface area contributed by atoms with Gasteiger partial charge in [-0.2, -0.15) is 0 Å². The summed E-state index contributed by atoms with van der Waals surface area (Å²) >= 11 is 0. The number of carboxylic acids is 2. The first-order valence-electron chi connectivity index (χ1n) is 2.81. The van der Waals surface area contributed by atoms with Crippen LogP contribution >= 0.6 is 0 Å². The first-order valence-corrected chi connectivity index (χ1v) is 2.81. The summed E-state index contributed by atoms with van der Waals surface area (Å²) in [4.78, 5) is 33.2. The van der Waals surface area contributed by atoms with Crippen LogP contribution in [-0.2, 0) is 14.4 Å². The third-order valence-corrected chi connectivity index (χ3v) is 0.983. The van der Waals surface area contributed by atoms with Gasteiger partial charge >= 0.3 is 144 Å². The Kier molecular flexibility index (Phi) is 23.1. The number of rotatable bonds is 5. The summed E-state index contributed by atoms with van der Waals surface area (Å²) in [6.45, 7) is 0. The fraction of sp³-hybridized carbons (Fsp3) is 0.500. The molecule has 0 radical (unpaired) electrons. The van der Waals surface area contributed by atoms with Crippen LogP contribution in [0, 0.1) is 10.1 Å². The molecule has 16 heavy (non-hydrogen) atoms. The van der Waals surface area contributed by atoms with Crippen LogP contribution in [0.4, 0.5) is 0 Å². The van der Waals surface area contributed by atoms with Crippen LogP contribution in [-0.4, -0.2) is 177 Å². The van der Waals surface area contributed by atoms with Gasteiger partial charge < -0.3 is 15.3 Å². The Morgan fingerprint density at radius 1 is 1.19 bits per heavy atom. The summed E-state index contributed by atoms with van der Waals surface area (Å²) in [5.74, 6) is -3.86. The van der Waals surface area contributed by atoms with Crippen molar-refractivity contribution in [1.29, 1.82) is 0 Å². The van der Waals surface area contributed by atoms with E-state index in [0.717, 1.165) is 0 Å². The Morgan fingerprint density at radius 2 is 1.56 bits per heavy atom. The number of aliphatic hydroxyl groups is 1. The molecule has 80 valence electrons. The number of carboxylic acid groups (broad SMARTS) is 2. The number of aliphatic carboxylic acids is 2. The maximum atomic E-state index is 10.1. The third-order valence-electron chi connectivity index (χ3n) is 0.983. The first-order chi connectivity index (χ1) is 5.86. The Hall–Kier alpha value is 2.37. The maximum absolute atomic E-state index is 10.1. The fourth-order valence-electron chi connectivity index (χ4n) is 0.460. The van der Waals surface area contributed by atoms with Gasteiger partial charge in [-0.15, -0.1) is 10.1 Å². The van der Waals surface area contributed by atoms with E-state index in [1.807, 2.05) is 0 Å². The van der Waals surface area contributed by atoms with Gasteiger partial charge in [0.05, 0.1) is 0 Å². The van der Waals surface area contributed by atoms with Gasteiger partial charge in [0.25, 0.3) is 5.09 Å². The monoisotopic (exact) mass is 299 g/mol. The molecule has 0 aromatic heterocycles. The van der Waals surface area contributed by atoms with E-state index in [1.165, 1.54) is 0 Å². The molecule has 0 saturated heterocycles. The van der Waals surface area contributed by atoms with Crippen molar-refractivity contribution in [1.82, 2.24) is 0 Å². The number of nitrogens with zero attached hydrogens (tertiary/aromatic N) is 1. The topological polar surface area (TPSA) is 147 Å². The molecule has 3 N–H and O–H groups in total. The van der Waals surface area contributed by atoms with Gasteiger partial charge in [0.2, 0.25) is 6.10 Å². The molecule has 0 fully saturated rings. The molecular weight excluding hydrogens is 291 g/mol. The van der Waals surface area contributed by atoms with Crippen molar-refractivity contribution in [2.24, 2.45) is 0 Å². The molecule has 9 nitrogen and oxygen atoms in total. The molecule has 2 unspecified atom stereocenters. The molecule has 0 aromatic carbocycles. The van der Waals surface area contributed by atoms with Crippen LogP contribution < -0.4 is 0 Å². The zero-order valence-electron chi connectivity index (χ0n) is 5.98. The molecule has 0 spiro atoms. The standard InChI is InChI=1S/C4H5NO8.2K.Na.3H/c6-1(3(7)8)2(4(9)10)13-5(11)12;;;;;;/h1-2,6H,(H,7,8)(H,9,10);;;;;;. The molecule has 0 aromatic rings. The number of carbonyl (C=O) groups is 2. The van der Waals surface area contributed by atoms with E-state index < -0.39 is 29.2 Å². The zero-order chi connectivity index (χ0) is 10.6. The summed E-state index contributed by atoms with van der Waals surface area (Å²) in [6, 6.07) is 0. The second kappa shape index (κ2) is 13.8. The summed E-state index contributed by atoms with van der Waals surface area (Å²) in [6.07, 6.45) is -4.91. The Labute approximate surface area is 197 Å². The molecule has 0 aliphatic carbocycles. The van der Waals surface area contributed by atoms with Gasteiger partial charge in [0.1, 0.15) is 0 Å². The van der Waals surface area contributed by atoms with Crippen molar-refractivity contribution in [2.75, 3.05) is 0 Å². The molecule has 12 heteroatoms. The van der Waals surface area contributed by atoms with Crippen molar-refractivity contribution in [3.05, 3.63) is 10.1 Å². The van der Waals surface area contributed by atoms with E-state index in [2.05, 4.69) is 4.84 Å². The van der Waals surface area contributed by atoms with Gasteiger partial charge in [0, 0.05) is 0 Å². The van der Waals surface area contributed by atoms with E-state index in [9.17, 15) is 19.7 Å². The minimum atomic E-state index is -2.48. The molecule has 0 rings (SSSR count). The molecule has 0 aliphatic heterocycles. The molecular formula is C4H8K2NNaO8. The average Bonchev–Trinajstić information content (AvgIpc) is 1.97. The number of hydrogen-bond donors (Lipinski definition) is 3. The van der Waals surface area contributed by atoms with Crippen LogP contribution in [0.3, 0.4) is 0 Å². The average molecular weight is 299 g/mol. The predicted octanol–water partition coefficient (Wildman–Crippen LogP) is -3.85. The van der Waals surface area contributed by atoms with Gasteiger partial charge in [-0.3, -0.25) is 4.84 Å². The van der Waals surface area contributed by atoms with Crippen LogP contribution in [0.1, 0.15) is 0 Å². The van der Waals surface area contributed by atoms with Gasteiger partial charge in [-0.25, -0.2) is 9.59 Å². The molecule has 0 heterocycles. The van der Waals surface area contributed by atoms with Crippen LogP contribution in [0.2, 0.25) is 0 Å². The SMILES string of the molecule is O=C(O)C(O)C(O[N+](=O)[O-])C(=O)O.[KH].[KH].[NaH]. The fourth-order valence-corrected chi connectivity index (χ4v) is 0.460. The molecule has 0 saturated carbocycles. The van der Waals surface area contributed by atoms with Crippen molar-refractivity contribution >= 4 is 144 Å². The molecule has 0 aliphatic rings. The van der Waals surface area contributed by atoms with Crippen LogP contribution in [0.25, 0.3) is 0 Å². The second-order valence-electron chi connectivity index (χ2n) is 1.87. The Morgan fingerprint density at radius 3 is 1.75 bits per heavy atom. The van der Waals surface area contributed by atoms with E-state index in [1.54, 1.807) is 0 Å². The number of aliphatic hydroxyl groups excluding tert-OH is 1. The second-order valence-corrected chi connectivity index (χ2v) is 1.87. The normalized spacial score (nSPS) is 11.6. The predicted molar refractivity (Wildman–Crippen MR) is 54.6 cm³/mol. The van der Waals surface area contributed by atoms with Crippen LogP contribution in [0.5, 0.6) is 0 Å². The summed E-state index contributed by atoms with van der Waals surface area (Å²) in [5, 5.41) is 33.0. The summed E-state index contributed by atoms with van der Waals surface area (Å²) in [7, 11) is 0. The van der Waals surface area contributed by atoms with Gasteiger partial charge in [0.15, 0.2) is 6.10 Å². The van der Waals surface area contributed by atoms with E-state index in [-0.39, 0.29) is 132 Å². The van der Waals surface area contributed by atoms with E-state index in [4.69, 9.17) is 15.3 Å². The Bertz CT molecular complexity index is 250. The Balaban J connectivity index is -0.000000240. The molecule has 2 atom stereocenters. The van der Waals surface area contributed by atoms with Crippen molar-refractivity contribution in [3.8, 4) is 0 Å².